The fraction of sp³-hybridized carbons (Fsp3) is 0.579. The molecule has 0 aliphatic carbocycles. The lowest BCUT2D eigenvalue weighted by Crippen LogP contribution is -2.40. The number of benzene rings is 1. The van der Waals surface area contributed by atoms with Crippen molar-refractivity contribution < 1.29 is 9.59 Å². The highest BCUT2D eigenvalue weighted by Crippen LogP contribution is 2.11. The van der Waals surface area contributed by atoms with Crippen LogP contribution in [0.2, 0.25) is 0 Å². The molecule has 0 saturated carbocycles. The molecule has 5 nitrogen and oxygen atoms in total. The third kappa shape index (κ3) is 5.96. The molecule has 2 amide bonds. The van der Waals surface area contributed by atoms with Crippen LogP contribution in [-0.2, 0) is 22.7 Å². The summed E-state index contributed by atoms with van der Waals surface area (Å²) in [7, 11) is 2.09. The number of carbonyl (C=O) groups is 2. The summed E-state index contributed by atoms with van der Waals surface area (Å²) in [5.41, 5.74) is 2.33. The fourth-order valence-electron chi connectivity index (χ4n) is 2.90. The van der Waals surface area contributed by atoms with E-state index in [-0.39, 0.29) is 18.4 Å². The summed E-state index contributed by atoms with van der Waals surface area (Å²) in [6.07, 6.45) is 3.57. The summed E-state index contributed by atoms with van der Waals surface area (Å²) in [5.74, 6) is 0.0218. The van der Waals surface area contributed by atoms with Gasteiger partial charge in [0.1, 0.15) is 0 Å². The molecule has 0 bridgehead atoms. The van der Waals surface area contributed by atoms with Crippen LogP contribution < -0.4 is 5.32 Å². The van der Waals surface area contributed by atoms with Crippen LogP contribution in [0.5, 0.6) is 0 Å². The van der Waals surface area contributed by atoms with E-state index < -0.39 is 0 Å². The number of nitrogens with zero attached hydrogens (tertiary/aromatic N) is 2. The first kappa shape index (κ1) is 18.5. The van der Waals surface area contributed by atoms with Gasteiger partial charge in [-0.1, -0.05) is 37.6 Å². The minimum atomic E-state index is -0.0821. The van der Waals surface area contributed by atoms with Crippen molar-refractivity contribution in [2.45, 2.75) is 45.7 Å². The number of carbonyl (C=O) groups excluding carboxylic acids is 2. The Labute approximate surface area is 145 Å². The first-order chi connectivity index (χ1) is 11.6. The van der Waals surface area contributed by atoms with Crippen molar-refractivity contribution in [2.24, 2.45) is 0 Å². The maximum atomic E-state index is 12.1. The van der Waals surface area contributed by atoms with Gasteiger partial charge in [0.2, 0.25) is 11.8 Å². The van der Waals surface area contributed by atoms with Gasteiger partial charge in [-0.25, -0.2) is 0 Å². The van der Waals surface area contributed by atoms with Gasteiger partial charge in [0.15, 0.2) is 0 Å². The molecule has 0 unspecified atom stereocenters. The van der Waals surface area contributed by atoms with Crippen LogP contribution in [0, 0.1) is 0 Å². The molecule has 1 heterocycles. The molecule has 0 atom stereocenters. The minimum absolute atomic E-state index is 0.0821. The third-order valence-electron chi connectivity index (χ3n) is 4.48. The largest absolute Gasteiger partial charge is 0.350 e. The summed E-state index contributed by atoms with van der Waals surface area (Å²) in [6, 6.07) is 8.28. The van der Waals surface area contributed by atoms with E-state index in [4.69, 9.17) is 0 Å². The highest BCUT2D eigenvalue weighted by molar-refractivity contribution is 5.84. The number of hydrogen-bond acceptors (Lipinski definition) is 3. The first-order valence-electron chi connectivity index (χ1n) is 8.89. The quantitative estimate of drug-likeness (QED) is 0.833. The van der Waals surface area contributed by atoms with Crippen LogP contribution in [0.4, 0.5) is 0 Å². The summed E-state index contributed by atoms with van der Waals surface area (Å²) in [4.78, 5) is 28.0. The molecular formula is C19H29N3O2. The SMILES string of the molecule is CCN(C)Cc1cccc(CNC(=O)CN2CCCCCC2=O)c1. The second kappa shape index (κ2) is 9.42. The Kier molecular flexibility index (Phi) is 7.25. The van der Waals surface area contributed by atoms with E-state index in [2.05, 4.69) is 36.3 Å². The maximum absolute atomic E-state index is 12.1. The van der Waals surface area contributed by atoms with Crippen molar-refractivity contribution in [1.29, 1.82) is 0 Å². The van der Waals surface area contributed by atoms with Gasteiger partial charge in [0.05, 0.1) is 6.54 Å². The molecule has 1 saturated heterocycles. The van der Waals surface area contributed by atoms with Gasteiger partial charge in [-0.15, -0.1) is 0 Å². The Hall–Kier alpha value is -1.88. The number of likely N-dealkylation sites (tertiary alicyclic amines) is 1. The van der Waals surface area contributed by atoms with E-state index in [0.29, 0.717) is 19.5 Å². The van der Waals surface area contributed by atoms with Crippen molar-refractivity contribution >= 4 is 11.8 Å². The summed E-state index contributed by atoms with van der Waals surface area (Å²) >= 11 is 0. The molecule has 0 spiro atoms. The molecule has 5 heteroatoms. The van der Waals surface area contributed by atoms with Crippen molar-refractivity contribution in [3.05, 3.63) is 35.4 Å². The molecular weight excluding hydrogens is 302 g/mol. The standard InChI is InChI=1S/C19H29N3O2/c1-3-21(2)14-17-9-7-8-16(12-17)13-20-18(23)15-22-11-6-4-5-10-19(22)24/h7-9,12H,3-6,10-11,13-15H2,1-2H3,(H,20,23). The second-order valence-corrected chi connectivity index (χ2v) is 6.55. The van der Waals surface area contributed by atoms with Gasteiger partial charge in [-0.3, -0.25) is 9.59 Å². The highest BCUT2D eigenvalue weighted by Gasteiger charge is 2.18. The molecule has 1 aliphatic heterocycles. The van der Waals surface area contributed by atoms with Gasteiger partial charge in [0, 0.05) is 26.1 Å². The van der Waals surface area contributed by atoms with Crippen molar-refractivity contribution in [2.75, 3.05) is 26.7 Å². The van der Waals surface area contributed by atoms with Gasteiger partial charge >= 0.3 is 0 Å². The van der Waals surface area contributed by atoms with Gasteiger partial charge in [0.25, 0.3) is 0 Å². The van der Waals surface area contributed by atoms with E-state index in [1.807, 2.05) is 12.1 Å². The van der Waals surface area contributed by atoms with Gasteiger partial charge in [-0.2, -0.15) is 0 Å². The van der Waals surface area contributed by atoms with E-state index in [9.17, 15) is 9.59 Å². The Bertz CT molecular complexity index is 559. The molecule has 1 fully saturated rings. The Morgan fingerprint density at radius 1 is 1.25 bits per heavy atom. The second-order valence-electron chi connectivity index (χ2n) is 6.55. The average molecular weight is 331 g/mol. The zero-order chi connectivity index (χ0) is 17.4. The fourth-order valence-corrected chi connectivity index (χ4v) is 2.90. The Morgan fingerprint density at radius 3 is 2.83 bits per heavy atom. The lowest BCUT2D eigenvalue weighted by molar-refractivity contribution is -0.135. The first-order valence-corrected chi connectivity index (χ1v) is 8.89. The lowest BCUT2D eigenvalue weighted by Gasteiger charge is -2.20. The van der Waals surface area contributed by atoms with Crippen LogP contribution in [0.3, 0.4) is 0 Å². The van der Waals surface area contributed by atoms with Crippen molar-refractivity contribution in [1.82, 2.24) is 15.1 Å². The van der Waals surface area contributed by atoms with E-state index in [0.717, 1.165) is 37.9 Å². The van der Waals surface area contributed by atoms with Crippen LogP contribution in [0.1, 0.15) is 43.7 Å². The van der Waals surface area contributed by atoms with Crippen LogP contribution >= 0.6 is 0 Å². The monoisotopic (exact) mass is 331 g/mol. The summed E-state index contributed by atoms with van der Waals surface area (Å²) in [5, 5.41) is 2.94. The summed E-state index contributed by atoms with van der Waals surface area (Å²) < 4.78 is 0. The molecule has 1 N–H and O–H groups in total. The third-order valence-corrected chi connectivity index (χ3v) is 4.48. The molecule has 0 radical (unpaired) electrons. The smallest absolute Gasteiger partial charge is 0.239 e. The predicted octanol–water partition coefficient (Wildman–Crippen LogP) is 2.16. The lowest BCUT2D eigenvalue weighted by atomic mass is 10.1. The molecule has 24 heavy (non-hydrogen) atoms. The zero-order valence-corrected chi connectivity index (χ0v) is 14.9. The number of amides is 2. The molecule has 0 aromatic heterocycles. The van der Waals surface area contributed by atoms with E-state index in [1.165, 1.54) is 5.56 Å². The average Bonchev–Trinajstić information content (AvgIpc) is 2.78. The van der Waals surface area contributed by atoms with Crippen LogP contribution in [0.15, 0.2) is 24.3 Å². The topological polar surface area (TPSA) is 52.7 Å². The van der Waals surface area contributed by atoms with E-state index >= 15 is 0 Å². The van der Waals surface area contributed by atoms with Gasteiger partial charge in [-0.05, 0) is 37.6 Å². The number of rotatable bonds is 7. The normalized spacial score (nSPS) is 15.5. The van der Waals surface area contributed by atoms with Gasteiger partial charge < -0.3 is 15.1 Å². The minimum Gasteiger partial charge on any atom is -0.350 e. The van der Waals surface area contributed by atoms with Crippen LogP contribution in [0.25, 0.3) is 0 Å². The Balaban J connectivity index is 1.82. The highest BCUT2D eigenvalue weighted by atomic mass is 16.2. The van der Waals surface area contributed by atoms with E-state index in [1.54, 1.807) is 4.90 Å². The van der Waals surface area contributed by atoms with Crippen molar-refractivity contribution in [3.63, 3.8) is 0 Å². The number of hydrogen-bond donors (Lipinski definition) is 1. The molecule has 2 rings (SSSR count). The molecule has 1 aliphatic rings. The number of nitrogens with one attached hydrogen (secondary N) is 1. The molecule has 1 aromatic rings. The molecule has 132 valence electrons. The maximum Gasteiger partial charge on any atom is 0.239 e. The van der Waals surface area contributed by atoms with Crippen molar-refractivity contribution in [3.8, 4) is 0 Å². The predicted molar refractivity (Wildman–Crippen MR) is 95.3 cm³/mol. The molecule has 1 aromatic carbocycles. The van der Waals surface area contributed by atoms with Crippen LogP contribution in [-0.4, -0.2) is 48.3 Å². The summed E-state index contributed by atoms with van der Waals surface area (Å²) in [6.45, 7) is 5.42. The Morgan fingerprint density at radius 2 is 2.04 bits per heavy atom. The zero-order valence-electron chi connectivity index (χ0n) is 14.9.